The van der Waals surface area contributed by atoms with E-state index >= 15 is 0 Å². The Kier molecular flexibility index (Phi) is 11.4. The Morgan fingerprint density at radius 2 is 1.95 bits per heavy atom. The lowest BCUT2D eigenvalue weighted by molar-refractivity contribution is -0.525. The van der Waals surface area contributed by atoms with Gasteiger partial charge in [0, 0.05) is 13.7 Å². The Morgan fingerprint density at radius 1 is 1.22 bits per heavy atom. The number of nitrogens with zero attached hydrogens (tertiary/aromatic N) is 2. The number of aliphatic imine (C=N–C) groups is 1. The summed E-state index contributed by atoms with van der Waals surface area (Å²) in [5, 5.41) is 15.6. The van der Waals surface area contributed by atoms with E-state index < -0.39 is 35.6 Å². The molecule has 0 aromatic carbocycles. The van der Waals surface area contributed by atoms with Gasteiger partial charge in [0.05, 0.1) is 30.9 Å². The molecule has 4 aliphatic rings. The van der Waals surface area contributed by atoms with E-state index in [0.717, 1.165) is 12.8 Å². The molecular weight excluding hydrogens is 535 g/mol. The first-order chi connectivity index (χ1) is 19.3. The summed E-state index contributed by atoms with van der Waals surface area (Å²) in [5.74, 6) is -0.333. The number of hydrogen-bond donors (Lipinski definition) is 4. The summed E-state index contributed by atoms with van der Waals surface area (Å²) in [5.41, 5.74) is 7.04. The smallest absolute Gasteiger partial charge is 0.404 e. The highest BCUT2D eigenvalue weighted by atomic mass is 16.7. The van der Waals surface area contributed by atoms with E-state index in [1.807, 2.05) is 0 Å². The second-order valence-corrected chi connectivity index (χ2v) is 12.5. The van der Waals surface area contributed by atoms with E-state index in [2.05, 4.69) is 50.2 Å². The number of guanidine groups is 1. The van der Waals surface area contributed by atoms with Gasteiger partial charge in [0.15, 0.2) is 5.03 Å². The molecule has 1 saturated heterocycles. The van der Waals surface area contributed by atoms with Crippen molar-refractivity contribution in [1.29, 1.82) is 0 Å². The number of methoxy groups -OCH3 is 1. The van der Waals surface area contributed by atoms with Crippen LogP contribution in [0.3, 0.4) is 0 Å². The fourth-order valence-corrected chi connectivity index (χ4v) is 6.54. The third-order valence-corrected chi connectivity index (χ3v) is 8.81. The number of nitrogens with two attached hydrogens (primary N) is 1. The summed E-state index contributed by atoms with van der Waals surface area (Å²) in [6.07, 6.45) is 3.24. The maximum atomic E-state index is 13.6. The summed E-state index contributed by atoms with van der Waals surface area (Å²) >= 11 is 0. The van der Waals surface area contributed by atoms with Crippen LogP contribution in [0.25, 0.3) is 0 Å². The maximum Gasteiger partial charge on any atom is 0.481 e. The fraction of sp³-hybridized carbons (Fsp3) is 0.885. The van der Waals surface area contributed by atoms with Crippen molar-refractivity contribution in [3.63, 3.8) is 0 Å². The van der Waals surface area contributed by atoms with Gasteiger partial charge in [0.2, 0.25) is 11.8 Å². The maximum absolute atomic E-state index is 13.6. The van der Waals surface area contributed by atoms with Crippen molar-refractivity contribution < 1.29 is 33.4 Å². The van der Waals surface area contributed by atoms with Gasteiger partial charge in [-0.25, -0.2) is 15.1 Å². The first-order valence-corrected chi connectivity index (χ1v) is 14.5. The minimum atomic E-state index is -0.894. The summed E-state index contributed by atoms with van der Waals surface area (Å²) in [4.78, 5) is 40.6. The Morgan fingerprint density at radius 3 is 2.59 bits per heavy atom. The third-order valence-electron chi connectivity index (χ3n) is 8.81. The molecule has 5 N–H and O–H groups in total. The fourth-order valence-electron chi connectivity index (χ4n) is 6.54. The quantitative estimate of drug-likeness (QED) is 0.0506. The molecule has 3 aliphatic carbocycles. The molecule has 2 amide bonds. The van der Waals surface area contributed by atoms with Crippen LogP contribution in [0.1, 0.15) is 66.7 Å². The number of nitro groups is 1. The van der Waals surface area contributed by atoms with Gasteiger partial charge < -0.3 is 35.1 Å². The van der Waals surface area contributed by atoms with Crippen molar-refractivity contribution in [3.8, 4) is 0 Å². The van der Waals surface area contributed by atoms with E-state index in [1.54, 1.807) is 5.43 Å². The van der Waals surface area contributed by atoms with Crippen LogP contribution in [0.2, 0.25) is 0 Å². The second kappa shape index (κ2) is 14.1. The zero-order valence-corrected chi connectivity index (χ0v) is 25.1. The molecule has 4 fully saturated rings. The molecule has 1 heterocycles. The van der Waals surface area contributed by atoms with E-state index in [0.29, 0.717) is 31.3 Å². The number of rotatable bonds is 16. The van der Waals surface area contributed by atoms with Gasteiger partial charge in [0.1, 0.15) is 12.6 Å². The normalized spacial score (nSPS) is 27.9. The van der Waals surface area contributed by atoms with Crippen molar-refractivity contribution in [2.45, 2.75) is 90.4 Å². The number of amides is 2. The molecular formula is C26H47BN6O8. The first-order valence-electron chi connectivity index (χ1n) is 14.5. The van der Waals surface area contributed by atoms with E-state index in [1.165, 1.54) is 7.11 Å². The van der Waals surface area contributed by atoms with Crippen LogP contribution in [0.5, 0.6) is 0 Å². The van der Waals surface area contributed by atoms with Crippen molar-refractivity contribution in [1.82, 2.24) is 16.1 Å². The minimum Gasteiger partial charge on any atom is -0.404 e. The molecule has 15 heteroatoms. The lowest BCUT2D eigenvalue weighted by Crippen LogP contribution is -2.65. The number of ether oxygens (including phenoxy) is 2. The standard InChI is InChI=1S/C26H47BN6O8/c1-16(2)12-21(27-40-20-14-17-13-19(25(17,3)4)26(20,5)41-27)31-23(35)18(30-22(34)15-39-11-10-38-6)8-7-9-29-24(28)32-33(36)37/h16-21H,7-15H2,1-6H3,(H,30,34)(H,31,35)(H3,28,29,32)/t17-,18+,19-,20-,21+,26+/m1/s1. The number of hydrogen-bond acceptors (Lipinski definition) is 9. The topological polar surface area (TPSA) is 189 Å². The highest BCUT2D eigenvalue weighted by Crippen LogP contribution is 2.65. The van der Waals surface area contributed by atoms with Crippen LogP contribution in [-0.4, -0.2) is 87.1 Å². The summed E-state index contributed by atoms with van der Waals surface area (Å²) < 4.78 is 23.3. The van der Waals surface area contributed by atoms with Crippen LogP contribution in [0.15, 0.2) is 4.99 Å². The molecule has 1 aliphatic heterocycles. The summed E-state index contributed by atoms with van der Waals surface area (Å²) in [6, 6.07) is -0.894. The Hall–Kier alpha value is -2.49. The molecule has 0 spiro atoms. The average molecular weight is 583 g/mol. The number of carbonyl (C=O) groups excluding carboxylic acids is 2. The highest BCUT2D eigenvalue weighted by Gasteiger charge is 2.68. The average Bonchev–Trinajstić information content (AvgIpc) is 3.24. The molecule has 232 valence electrons. The molecule has 2 bridgehead atoms. The monoisotopic (exact) mass is 582 g/mol. The van der Waals surface area contributed by atoms with Crippen LogP contribution in [0, 0.1) is 33.3 Å². The van der Waals surface area contributed by atoms with Gasteiger partial charge in [-0.3, -0.25) is 9.59 Å². The van der Waals surface area contributed by atoms with E-state index in [9.17, 15) is 19.7 Å². The number of hydrazine groups is 1. The van der Waals surface area contributed by atoms with Crippen LogP contribution in [-0.2, 0) is 28.4 Å². The van der Waals surface area contributed by atoms with Gasteiger partial charge in [0.25, 0.3) is 5.96 Å². The van der Waals surface area contributed by atoms with E-state index in [-0.39, 0.29) is 55.5 Å². The molecule has 4 rings (SSSR count). The van der Waals surface area contributed by atoms with Crippen molar-refractivity contribution in [2.24, 2.45) is 33.9 Å². The molecule has 0 radical (unpaired) electrons. The molecule has 0 aromatic rings. The van der Waals surface area contributed by atoms with Crippen molar-refractivity contribution >= 4 is 24.9 Å². The number of carbonyl (C=O) groups is 2. The summed E-state index contributed by atoms with van der Waals surface area (Å²) in [6.45, 7) is 11.4. The molecule has 6 atom stereocenters. The Balaban J connectivity index is 1.67. The predicted molar refractivity (Wildman–Crippen MR) is 152 cm³/mol. The molecule has 14 nitrogen and oxygen atoms in total. The van der Waals surface area contributed by atoms with Crippen LogP contribution in [0.4, 0.5) is 0 Å². The van der Waals surface area contributed by atoms with Gasteiger partial charge in [-0.2, -0.15) is 0 Å². The van der Waals surface area contributed by atoms with Gasteiger partial charge in [-0.15, -0.1) is 0 Å². The first kappa shape index (κ1) is 33.0. The Labute approximate surface area is 242 Å². The SMILES string of the molecule is COCCOCC(=O)N[C@@H](CCCN=C(N)N[N+](=O)[O-])C(=O)N[C@@H](CC(C)C)B1O[C@@H]2C[C@H]3C[C@H](C3(C)C)[C@]2(C)O1. The minimum absolute atomic E-state index is 0.0216. The highest BCUT2D eigenvalue weighted by molar-refractivity contribution is 6.48. The molecule has 41 heavy (non-hydrogen) atoms. The lowest BCUT2D eigenvalue weighted by Gasteiger charge is -2.64. The summed E-state index contributed by atoms with van der Waals surface area (Å²) in [7, 11) is 0.933. The Bertz CT molecular complexity index is 968. The van der Waals surface area contributed by atoms with Gasteiger partial charge >= 0.3 is 7.12 Å². The van der Waals surface area contributed by atoms with Gasteiger partial charge in [-0.05, 0) is 62.2 Å². The van der Waals surface area contributed by atoms with Crippen LogP contribution >= 0.6 is 0 Å². The molecule has 0 unspecified atom stereocenters. The number of nitrogens with one attached hydrogen (secondary N) is 3. The predicted octanol–water partition coefficient (Wildman–Crippen LogP) is 0.809. The largest absolute Gasteiger partial charge is 0.481 e. The zero-order valence-electron chi connectivity index (χ0n) is 25.1. The van der Waals surface area contributed by atoms with E-state index in [4.69, 9.17) is 24.5 Å². The molecule has 0 aromatic heterocycles. The molecule has 3 saturated carbocycles. The van der Waals surface area contributed by atoms with Crippen LogP contribution < -0.4 is 21.8 Å². The van der Waals surface area contributed by atoms with Crippen molar-refractivity contribution in [3.05, 3.63) is 10.1 Å². The second-order valence-electron chi connectivity index (χ2n) is 12.5. The van der Waals surface area contributed by atoms with Crippen molar-refractivity contribution in [2.75, 3.05) is 33.5 Å². The van der Waals surface area contributed by atoms with Gasteiger partial charge in [-0.1, -0.05) is 33.1 Å². The lowest BCUT2D eigenvalue weighted by atomic mass is 9.43. The third kappa shape index (κ3) is 8.30. The zero-order chi connectivity index (χ0) is 30.4.